The molecule has 4 heteroatoms. The highest BCUT2D eigenvalue weighted by Crippen LogP contribution is 2.16. The van der Waals surface area contributed by atoms with Crippen LogP contribution < -0.4 is 10.1 Å². The van der Waals surface area contributed by atoms with E-state index in [2.05, 4.69) is 30.2 Å². The molecule has 0 saturated carbocycles. The van der Waals surface area contributed by atoms with E-state index < -0.39 is 0 Å². The molecule has 3 nitrogen and oxygen atoms in total. The van der Waals surface area contributed by atoms with E-state index in [-0.39, 0.29) is 0 Å². The van der Waals surface area contributed by atoms with Crippen LogP contribution in [0.5, 0.6) is 5.75 Å². The summed E-state index contributed by atoms with van der Waals surface area (Å²) in [5, 5.41) is 4.07. The van der Waals surface area contributed by atoms with Crippen LogP contribution in [0.15, 0.2) is 42.6 Å². The fourth-order valence-electron chi connectivity index (χ4n) is 1.66. The van der Waals surface area contributed by atoms with Gasteiger partial charge >= 0.3 is 0 Å². The minimum absolute atomic E-state index is 0.458. The van der Waals surface area contributed by atoms with Crippen molar-refractivity contribution in [1.82, 2.24) is 10.3 Å². The first-order valence-corrected chi connectivity index (χ1v) is 7.07. The lowest BCUT2D eigenvalue weighted by Gasteiger charge is -2.09. The molecule has 1 N–H and O–H groups in total. The van der Waals surface area contributed by atoms with Crippen molar-refractivity contribution in [2.24, 2.45) is 0 Å². The third kappa shape index (κ3) is 4.83. The van der Waals surface area contributed by atoms with Crippen molar-refractivity contribution in [3.8, 4) is 5.75 Å². The molecule has 0 spiro atoms. The second-order valence-electron chi connectivity index (χ2n) is 4.94. The molecule has 0 saturated heterocycles. The first-order chi connectivity index (χ1) is 9.63. The molecule has 0 bridgehead atoms. The third-order valence-corrected chi connectivity index (χ3v) is 3.05. The summed E-state index contributed by atoms with van der Waals surface area (Å²) in [7, 11) is 0. The minimum Gasteiger partial charge on any atom is -0.487 e. The quantitative estimate of drug-likeness (QED) is 0.878. The first kappa shape index (κ1) is 14.8. The Labute approximate surface area is 124 Å². The zero-order chi connectivity index (χ0) is 14.4. The highest BCUT2D eigenvalue weighted by Gasteiger charge is 2.00. The van der Waals surface area contributed by atoms with Gasteiger partial charge in [0.1, 0.15) is 12.4 Å². The molecule has 2 aromatic rings. The van der Waals surface area contributed by atoms with E-state index in [1.54, 1.807) is 0 Å². The average Bonchev–Trinajstić information content (AvgIpc) is 2.45. The van der Waals surface area contributed by atoms with Gasteiger partial charge in [-0.15, -0.1) is 0 Å². The molecule has 0 amide bonds. The van der Waals surface area contributed by atoms with Gasteiger partial charge < -0.3 is 10.1 Å². The standard InChI is InChI=1S/C16H19ClN2O/c1-12(2)18-9-13-3-6-15(19-10-13)11-20-16-7-4-14(17)5-8-16/h3-8,10,12,18H,9,11H2,1-2H3. The monoisotopic (exact) mass is 290 g/mol. The van der Waals surface area contributed by atoms with Crippen LogP contribution in [0.1, 0.15) is 25.1 Å². The van der Waals surface area contributed by atoms with Crippen molar-refractivity contribution in [3.63, 3.8) is 0 Å². The van der Waals surface area contributed by atoms with E-state index in [1.165, 1.54) is 5.56 Å². The van der Waals surface area contributed by atoms with Gasteiger partial charge in [-0.3, -0.25) is 4.98 Å². The summed E-state index contributed by atoms with van der Waals surface area (Å²) < 4.78 is 5.65. The average molecular weight is 291 g/mol. The molecule has 0 fully saturated rings. The maximum Gasteiger partial charge on any atom is 0.130 e. The predicted octanol–water partition coefficient (Wildman–Crippen LogP) is 3.81. The van der Waals surface area contributed by atoms with Crippen LogP contribution in [0.3, 0.4) is 0 Å². The summed E-state index contributed by atoms with van der Waals surface area (Å²) in [6.45, 7) is 5.55. The van der Waals surface area contributed by atoms with E-state index >= 15 is 0 Å². The molecule has 0 aliphatic carbocycles. The van der Waals surface area contributed by atoms with Crippen molar-refractivity contribution in [3.05, 3.63) is 58.9 Å². The Balaban J connectivity index is 1.85. The van der Waals surface area contributed by atoms with Gasteiger partial charge in [0.15, 0.2) is 0 Å². The molecule has 0 aliphatic heterocycles. The SMILES string of the molecule is CC(C)NCc1ccc(COc2ccc(Cl)cc2)nc1. The van der Waals surface area contributed by atoms with Gasteiger partial charge in [0.05, 0.1) is 5.69 Å². The summed E-state index contributed by atoms with van der Waals surface area (Å²) >= 11 is 5.82. The molecule has 20 heavy (non-hydrogen) atoms. The van der Waals surface area contributed by atoms with Gasteiger partial charge in [0.2, 0.25) is 0 Å². The molecule has 0 atom stereocenters. The summed E-state index contributed by atoms with van der Waals surface area (Å²) in [5.41, 5.74) is 2.09. The molecular weight excluding hydrogens is 272 g/mol. The topological polar surface area (TPSA) is 34.1 Å². The second-order valence-corrected chi connectivity index (χ2v) is 5.37. The fourth-order valence-corrected chi connectivity index (χ4v) is 1.78. The largest absolute Gasteiger partial charge is 0.487 e. The molecule has 106 valence electrons. The van der Waals surface area contributed by atoms with Gasteiger partial charge in [-0.25, -0.2) is 0 Å². The van der Waals surface area contributed by atoms with Crippen LogP contribution >= 0.6 is 11.6 Å². The van der Waals surface area contributed by atoms with Crippen LogP contribution in [0, 0.1) is 0 Å². The van der Waals surface area contributed by atoms with E-state index in [0.717, 1.165) is 18.0 Å². The van der Waals surface area contributed by atoms with Crippen molar-refractivity contribution in [1.29, 1.82) is 0 Å². The van der Waals surface area contributed by atoms with Gasteiger partial charge in [-0.1, -0.05) is 31.5 Å². The van der Waals surface area contributed by atoms with Crippen LogP contribution in [0.2, 0.25) is 5.02 Å². The van der Waals surface area contributed by atoms with E-state index in [4.69, 9.17) is 16.3 Å². The van der Waals surface area contributed by atoms with Gasteiger partial charge in [0.25, 0.3) is 0 Å². The van der Waals surface area contributed by atoms with Crippen molar-refractivity contribution in [2.45, 2.75) is 33.0 Å². The number of hydrogen-bond acceptors (Lipinski definition) is 3. The fraction of sp³-hybridized carbons (Fsp3) is 0.312. The van der Waals surface area contributed by atoms with Crippen molar-refractivity contribution < 1.29 is 4.74 Å². The minimum atomic E-state index is 0.458. The normalized spacial score (nSPS) is 10.8. The number of hydrogen-bond donors (Lipinski definition) is 1. The van der Waals surface area contributed by atoms with Gasteiger partial charge in [-0.05, 0) is 35.9 Å². The van der Waals surface area contributed by atoms with Crippen LogP contribution in [0.25, 0.3) is 0 Å². The molecule has 0 aliphatic rings. The van der Waals surface area contributed by atoms with Gasteiger partial charge in [-0.2, -0.15) is 0 Å². The third-order valence-electron chi connectivity index (χ3n) is 2.80. The van der Waals surface area contributed by atoms with E-state index in [1.807, 2.05) is 36.5 Å². The lowest BCUT2D eigenvalue weighted by Crippen LogP contribution is -2.21. The second kappa shape index (κ2) is 7.27. The Morgan fingerprint density at radius 2 is 1.90 bits per heavy atom. The number of aromatic nitrogens is 1. The summed E-state index contributed by atoms with van der Waals surface area (Å²) in [4.78, 5) is 4.40. The van der Waals surface area contributed by atoms with Crippen molar-refractivity contribution in [2.75, 3.05) is 0 Å². The molecule has 1 aromatic carbocycles. The number of pyridine rings is 1. The Kier molecular flexibility index (Phi) is 5.39. The highest BCUT2D eigenvalue weighted by atomic mass is 35.5. The molecule has 1 heterocycles. The smallest absolute Gasteiger partial charge is 0.130 e. The number of nitrogens with one attached hydrogen (secondary N) is 1. The van der Waals surface area contributed by atoms with Gasteiger partial charge in [0, 0.05) is 23.8 Å². The van der Waals surface area contributed by atoms with Crippen LogP contribution in [-0.4, -0.2) is 11.0 Å². The lowest BCUT2D eigenvalue weighted by molar-refractivity contribution is 0.301. The van der Waals surface area contributed by atoms with Crippen LogP contribution in [-0.2, 0) is 13.2 Å². The molecule has 2 rings (SSSR count). The van der Waals surface area contributed by atoms with Crippen molar-refractivity contribution >= 4 is 11.6 Å². The number of halogens is 1. The predicted molar refractivity (Wildman–Crippen MR) is 82.0 cm³/mol. The van der Waals surface area contributed by atoms with E-state index in [9.17, 15) is 0 Å². The molecule has 1 aromatic heterocycles. The number of benzene rings is 1. The molecule has 0 radical (unpaired) electrons. The summed E-state index contributed by atoms with van der Waals surface area (Å²) in [5.74, 6) is 0.793. The molecular formula is C16H19ClN2O. The molecule has 0 unspecified atom stereocenters. The van der Waals surface area contributed by atoms with Crippen LogP contribution in [0.4, 0.5) is 0 Å². The highest BCUT2D eigenvalue weighted by molar-refractivity contribution is 6.30. The maximum atomic E-state index is 5.82. The zero-order valence-corrected chi connectivity index (χ0v) is 12.5. The Bertz CT molecular complexity index is 523. The Morgan fingerprint density at radius 1 is 1.15 bits per heavy atom. The maximum absolute atomic E-state index is 5.82. The Hall–Kier alpha value is -1.58. The zero-order valence-electron chi connectivity index (χ0n) is 11.8. The summed E-state index contributed by atoms with van der Waals surface area (Å²) in [6.07, 6.45) is 1.88. The number of rotatable bonds is 6. The summed E-state index contributed by atoms with van der Waals surface area (Å²) in [6, 6.07) is 11.9. The number of nitrogens with zero attached hydrogens (tertiary/aromatic N) is 1. The Morgan fingerprint density at radius 3 is 2.50 bits per heavy atom. The van der Waals surface area contributed by atoms with E-state index in [0.29, 0.717) is 17.7 Å². The number of ether oxygens (including phenoxy) is 1. The lowest BCUT2D eigenvalue weighted by atomic mass is 10.2. The first-order valence-electron chi connectivity index (χ1n) is 6.69.